The second-order valence-corrected chi connectivity index (χ2v) is 10.3. The molecule has 1 aromatic heterocycles. The van der Waals surface area contributed by atoms with Crippen LogP contribution in [0.1, 0.15) is 28.3 Å². The Bertz CT molecular complexity index is 1290. The van der Waals surface area contributed by atoms with Crippen LogP contribution in [0.3, 0.4) is 0 Å². The molecular formula is C24H23NO5S2. The molecular weight excluding hydrogens is 446 g/mol. The second-order valence-electron chi connectivity index (χ2n) is 7.47. The van der Waals surface area contributed by atoms with Gasteiger partial charge in [0.25, 0.3) is 0 Å². The third-order valence-corrected chi connectivity index (χ3v) is 8.31. The molecule has 0 aliphatic carbocycles. The number of aryl methyl sites for hydroxylation is 1. The number of nitrogens with one attached hydrogen (secondary N) is 1. The van der Waals surface area contributed by atoms with Crippen LogP contribution in [0.25, 0.3) is 0 Å². The highest BCUT2D eigenvalue weighted by Gasteiger charge is 2.34. The van der Waals surface area contributed by atoms with Crippen LogP contribution in [0, 0.1) is 6.92 Å². The predicted octanol–water partition coefficient (Wildman–Crippen LogP) is 4.94. The van der Waals surface area contributed by atoms with Gasteiger partial charge in [-0.05, 0) is 42.3 Å². The number of methoxy groups -OCH3 is 1. The van der Waals surface area contributed by atoms with Gasteiger partial charge in [-0.2, -0.15) is 0 Å². The maximum absolute atomic E-state index is 13.3. The smallest absolute Gasteiger partial charge is 0.225 e. The van der Waals surface area contributed by atoms with E-state index in [0.717, 1.165) is 16.0 Å². The Morgan fingerprint density at radius 3 is 2.75 bits per heavy atom. The van der Waals surface area contributed by atoms with Crippen molar-refractivity contribution in [3.8, 4) is 11.5 Å². The van der Waals surface area contributed by atoms with Gasteiger partial charge in [0.2, 0.25) is 15.7 Å². The summed E-state index contributed by atoms with van der Waals surface area (Å²) in [5.74, 6) is 0.603. The molecule has 3 aromatic rings. The summed E-state index contributed by atoms with van der Waals surface area (Å²) in [4.78, 5) is 13.7. The van der Waals surface area contributed by atoms with Crippen LogP contribution in [-0.4, -0.2) is 28.0 Å². The van der Waals surface area contributed by atoms with Crippen molar-refractivity contribution in [2.75, 3.05) is 19.0 Å². The van der Waals surface area contributed by atoms with Crippen molar-refractivity contribution in [3.63, 3.8) is 0 Å². The molecule has 0 fully saturated rings. The van der Waals surface area contributed by atoms with E-state index in [1.165, 1.54) is 11.3 Å². The van der Waals surface area contributed by atoms with Crippen LogP contribution >= 0.6 is 11.3 Å². The summed E-state index contributed by atoms with van der Waals surface area (Å²) in [5, 5.41) is 4.40. The Labute approximate surface area is 191 Å². The molecule has 0 saturated heterocycles. The van der Waals surface area contributed by atoms with Gasteiger partial charge in [-0.3, -0.25) is 4.79 Å². The van der Waals surface area contributed by atoms with Gasteiger partial charge >= 0.3 is 0 Å². The van der Waals surface area contributed by atoms with Crippen LogP contribution in [0.2, 0.25) is 0 Å². The molecule has 0 radical (unpaired) electrons. The van der Waals surface area contributed by atoms with Gasteiger partial charge in [-0.1, -0.05) is 30.9 Å². The molecule has 166 valence electrons. The number of ether oxygens (including phenoxy) is 2. The van der Waals surface area contributed by atoms with Crippen molar-refractivity contribution in [2.45, 2.75) is 29.1 Å². The number of carbonyl (C=O) groups is 1. The summed E-state index contributed by atoms with van der Waals surface area (Å²) in [6.45, 7) is 5.83. The van der Waals surface area contributed by atoms with Gasteiger partial charge in [0.05, 0.1) is 17.7 Å². The first kappa shape index (κ1) is 22.1. The lowest BCUT2D eigenvalue weighted by Crippen LogP contribution is -2.23. The molecule has 1 aliphatic rings. The van der Waals surface area contributed by atoms with E-state index < -0.39 is 9.84 Å². The Hall–Kier alpha value is -3.10. The minimum absolute atomic E-state index is 0.124. The summed E-state index contributed by atoms with van der Waals surface area (Å²) < 4.78 is 37.7. The minimum Gasteiger partial charge on any atom is -0.493 e. The first-order chi connectivity index (χ1) is 15.3. The van der Waals surface area contributed by atoms with Crippen LogP contribution < -0.4 is 14.8 Å². The fourth-order valence-electron chi connectivity index (χ4n) is 3.75. The lowest BCUT2D eigenvalue weighted by atomic mass is 9.90. The van der Waals surface area contributed by atoms with Crippen molar-refractivity contribution in [2.24, 2.45) is 0 Å². The highest BCUT2D eigenvalue weighted by molar-refractivity contribution is 7.91. The van der Waals surface area contributed by atoms with Gasteiger partial charge in [0.1, 0.15) is 11.5 Å². The lowest BCUT2D eigenvalue weighted by Gasteiger charge is -2.24. The van der Waals surface area contributed by atoms with Gasteiger partial charge in [-0.25, -0.2) is 8.42 Å². The number of sulfone groups is 1. The van der Waals surface area contributed by atoms with E-state index in [2.05, 4.69) is 11.9 Å². The first-order valence-corrected chi connectivity index (χ1v) is 12.4. The number of benzene rings is 2. The Kier molecular flexibility index (Phi) is 6.08. The average molecular weight is 470 g/mol. The predicted molar refractivity (Wildman–Crippen MR) is 125 cm³/mol. The van der Waals surface area contributed by atoms with Gasteiger partial charge in [-0.15, -0.1) is 11.3 Å². The molecule has 6 nitrogen and oxygen atoms in total. The normalized spacial score (nSPS) is 15.6. The third kappa shape index (κ3) is 4.03. The van der Waals surface area contributed by atoms with E-state index in [9.17, 15) is 13.2 Å². The molecule has 0 spiro atoms. The van der Waals surface area contributed by atoms with Crippen molar-refractivity contribution in [1.29, 1.82) is 0 Å². The maximum atomic E-state index is 13.3. The van der Waals surface area contributed by atoms with Gasteiger partial charge in [0.15, 0.2) is 11.5 Å². The van der Waals surface area contributed by atoms with E-state index in [4.69, 9.17) is 9.47 Å². The highest BCUT2D eigenvalue weighted by atomic mass is 32.2. The summed E-state index contributed by atoms with van der Waals surface area (Å²) in [6, 6.07) is 12.3. The molecule has 1 N–H and O–H groups in total. The average Bonchev–Trinajstić information content (AvgIpc) is 3.21. The zero-order chi connectivity index (χ0) is 22.9. The molecule has 1 amide bonds. The van der Waals surface area contributed by atoms with Crippen molar-refractivity contribution in [3.05, 3.63) is 76.5 Å². The first-order valence-electron chi connectivity index (χ1n) is 9.99. The van der Waals surface area contributed by atoms with Crippen LogP contribution in [0.15, 0.2) is 70.3 Å². The molecule has 32 heavy (non-hydrogen) atoms. The molecule has 2 aromatic carbocycles. The van der Waals surface area contributed by atoms with Crippen LogP contribution in [-0.2, 0) is 14.6 Å². The summed E-state index contributed by atoms with van der Waals surface area (Å²) in [7, 11) is -2.22. The Morgan fingerprint density at radius 1 is 1.22 bits per heavy atom. The van der Waals surface area contributed by atoms with E-state index >= 15 is 0 Å². The molecule has 0 bridgehead atoms. The number of rotatable bonds is 7. The molecule has 1 aliphatic heterocycles. The topological polar surface area (TPSA) is 81.7 Å². The van der Waals surface area contributed by atoms with E-state index in [0.29, 0.717) is 23.8 Å². The number of carbonyl (C=O) groups excluding carboxylic acids is 1. The number of anilines is 1. The number of amides is 1. The number of hydrogen-bond acceptors (Lipinski definition) is 6. The van der Waals surface area contributed by atoms with Crippen molar-refractivity contribution in [1.82, 2.24) is 0 Å². The quantitative estimate of drug-likeness (QED) is 0.496. The molecule has 4 rings (SSSR count). The van der Waals surface area contributed by atoms with Gasteiger partial charge < -0.3 is 14.8 Å². The monoisotopic (exact) mass is 469 g/mol. The number of hydrogen-bond donors (Lipinski definition) is 1. The zero-order valence-electron chi connectivity index (χ0n) is 17.8. The fourth-order valence-corrected chi connectivity index (χ4v) is 6.76. The SMILES string of the molecule is C=CCOc1ccc(C2CC(=O)Nc3c(S(=O)(=O)c4cccc(C)c4)csc32)cc1OC. The summed E-state index contributed by atoms with van der Waals surface area (Å²) >= 11 is 1.34. The van der Waals surface area contributed by atoms with E-state index in [-0.39, 0.29) is 28.0 Å². The van der Waals surface area contributed by atoms with Crippen LogP contribution in [0.5, 0.6) is 11.5 Å². The molecule has 8 heteroatoms. The Balaban J connectivity index is 1.77. The van der Waals surface area contributed by atoms with E-state index in [1.54, 1.807) is 42.8 Å². The molecule has 1 unspecified atom stereocenters. The van der Waals surface area contributed by atoms with Gasteiger partial charge in [0, 0.05) is 22.6 Å². The fraction of sp³-hybridized carbons (Fsp3) is 0.208. The standard InChI is InChI=1S/C24H23NO5S2/c1-4-10-30-19-9-8-16(12-20(19)29-3)18-13-22(26)25-23-21(14-31-24(18)23)32(27,28)17-7-5-6-15(2)11-17/h4-9,11-12,14,18H,1,10,13H2,2-3H3,(H,25,26). The summed E-state index contributed by atoms with van der Waals surface area (Å²) in [6.07, 6.45) is 1.86. The number of thiophene rings is 1. The van der Waals surface area contributed by atoms with Crippen molar-refractivity contribution >= 4 is 32.8 Å². The second kappa shape index (κ2) is 8.80. The van der Waals surface area contributed by atoms with Crippen LogP contribution in [0.4, 0.5) is 5.69 Å². The zero-order valence-corrected chi connectivity index (χ0v) is 19.4. The summed E-state index contributed by atoms with van der Waals surface area (Å²) in [5.41, 5.74) is 2.07. The minimum atomic E-state index is -3.78. The Morgan fingerprint density at radius 2 is 2.03 bits per heavy atom. The lowest BCUT2D eigenvalue weighted by molar-refractivity contribution is -0.116. The molecule has 0 saturated carbocycles. The highest BCUT2D eigenvalue weighted by Crippen LogP contribution is 2.47. The molecule has 2 heterocycles. The third-order valence-electron chi connectivity index (χ3n) is 5.29. The largest absolute Gasteiger partial charge is 0.493 e. The van der Waals surface area contributed by atoms with Crippen molar-refractivity contribution < 1.29 is 22.7 Å². The number of fused-ring (bicyclic) bond motifs is 1. The molecule has 1 atom stereocenters. The van der Waals surface area contributed by atoms with E-state index in [1.807, 2.05) is 25.1 Å². The maximum Gasteiger partial charge on any atom is 0.225 e.